The van der Waals surface area contributed by atoms with Gasteiger partial charge in [-0.2, -0.15) is 0 Å². The minimum atomic E-state index is -0.893. The Balaban J connectivity index is 2.24. The third-order valence-electron chi connectivity index (χ3n) is 3.88. The molecular formula is C19H22BrNO5. The summed E-state index contributed by atoms with van der Waals surface area (Å²) < 4.78 is 11.6. The summed E-state index contributed by atoms with van der Waals surface area (Å²) in [6.07, 6.45) is -1.96. The van der Waals surface area contributed by atoms with Gasteiger partial charge in [0.15, 0.2) is 6.10 Å². The topological polar surface area (TPSA) is 88.0 Å². The molecule has 2 aromatic rings. The molecule has 6 nitrogen and oxygen atoms in total. The van der Waals surface area contributed by atoms with Crippen LogP contribution in [-0.4, -0.2) is 36.1 Å². The molecule has 140 valence electrons. The Bertz CT molecular complexity index is 735. The molecule has 0 saturated heterocycles. The highest BCUT2D eigenvalue weighted by molar-refractivity contribution is 9.10. The number of aliphatic hydroxyl groups excluding tert-OH is 1. The average Bonchev–Trinajstić information content (AvgIpc) is 2.62. The van der Waals surface area contributed by atoms with Crippen LogP contribution in [0.4, 0.5) is 10.5 Å². The predicted molar refractivity (Wildman–Crippen MR) is 102 cm³/mol. The second-order valence-electron chi connectivity index (χ2n) is 5.81. The van der Waals surface area contributed by atoms with E-state index in [4.69, 9.17) is 9.47 Å². The van der Waals surface area contributed by atoms with Crippen molar-refractivity contribution in [2.75, 3.05) is 19.0 Å². The SMILES string of the molecule is CO[C@H](CCO)[C@H](OC(=O)Nc1ccc(C)cc1)c1cc(Br)ccc1O. The number of hydrogen-bond donors (Lipinski definition) is 3. The van der Waals surface area contributed by atoms with Crippen molar-refractivity contribution in [1.29, 1.82) is 0 Å². The van der Waals surface area contributed by atoms with Crippen molar-refractivity contribution in [3.8, 4) is 5.75 Å². The number of carbonyl (C=O) groups excluding carboxylic acids is 1. The van der Waals surface area contributed by atoms with Crippen LogP contribution >= 0.6 is 15.9 Å². The summed E-state index contributed by atoms with van der Waals surface area (Å²) in [4.78, 5) is 12.4. The van der Waals surface area contributed by atoms with E-state index in [2.05, 4.69) is 21.2 Å². The highest BCUT2D eigenvalue weighted by atomic mass is 79.9. The number of anilines is 1. The van der Waals surface area contributed by atoms with Gasteiger partial charge < -0.3 is 19.7 Å². The van der Waals surface area contributed by atoms with Crippen molar-refractivity contribution in [2.45, 2.75) is 25.6 Å². The number of aromatic hydroxyl groups is 1. The summed E-state index contributed by atoms with van der Waals surface area (Å²) in [5, 5.41) is 22.1. The van der Waals surface area contributed by atoms with Crippen LogP contribution in [0, 0.1) is 6.92 Å². The lowest BCUT2D eigenvalue weighted by Gasteiger charge is -2.26. The van der Waals surface area contributed by atoms with Crippen molar-refractivity contribution < 1.29 is 24.5 Å². The maximum absolute atomic E-state index is 12.4. The number of nitrogens with one attached hydrogen (secondary N) is 1. The molecule has 0 bridgehead atoms. The number of aliphatic hydroxyl groups is 1. The van der Waals surface area contributed by atoms with E-state index in [1.54, 1.807) is 24.3 Å². The van der Waals surface area contributed by atoms with Crippen molar-refractivity contribution >= 4 is 27.7 Å². The van der Waals surface area contributed by atoms with Crippen LogP contribution in [-0.2, 0) is 9.47 Å². The van der Waals surface area contributed by atoms with Crippen LogP contribution < -0.4 is 5.32 Å². The normalized spacial score (nSPS) is 13.1. The summed E-state index contributed by atoms with van der Waals surface area (Å²) in [5.74, 6) is -0.0266. The van der Waals surface area contributed by atoms with Crippen molar-refractivity contribution in [3.63, 3.8) is 0 Å². The lowest BCUT2D eigenvalue weighted by atomic mass is 10.0. The number of rotatable bonds is 7. The fourth-order valence-corrected chi connectivity index (χ4v) is 2.89. The number of methoxy groups -OCH3 is 1. The molecule has 2 aromatic carbocycles. The predicted octanol–water partition coefficient (Wildman–Crippen LogP) is 4.15. The Hall–Kier alpha value is -2.09. The van der Waals surface area contributed by atoms with Crippen LogP contribution in [0.1, 0.15) is 23.7 Å². The van der Waals surface area contributed by atoms with E-state index in [0.29, 0.717) is 11.3 Å². The molecule has 1 amide bonds. The zero-order valence-corrected chi connectivity index (χ0v) is 16.2. The third kappa shape index (κ3) is 5.45. The molecule has 0 aliphatic carbocycles. The molecule has 0 aromatic heterocycles. The van der Waals surface area contributed by atoms with Crippen molar-refractivity contribution in [3.05, 3.63) is 58.1 Å². The number of phenols is 1. The molecule has 0 saturated carbocycles. The number of aryl methyl sites for hydroxylation is 1. The third-order valence-corrected chi connectivity index (χ3v) is 4.38. The smallest absolute Gasteiger partial charge is 0.412 e. The molecule has 26 heavy (non-hydrogen) atoms. The molecule has 7 heteroatoms. The summed E-state index contributed by atoms with van der Waals surface area (Å²) in [7, 11) is 1.46. The molecule has 2 rings (SSSR count). The fourth-order valence-electron chi connectivity index (χ4n) is 2.51. The Kier molecular flexibility index (Phi) is 7.44. The van der Waals surface area contributed by atoms with Gasteiger partial charge in [0.1, 0.15) is 11.9 Å². The lowest BCUT2D eigenvalue weighted by molar-refractivity contribution is -0.0314. The average molecular weight is 424 g/mol. The molecule has 2 atom stereocenters. The van der Waals surface area contributed by atoms with E-state index in [0.717, 1.165) is 10.0 Å². The lowest BCUT2D eigenvalue weighted by Crippen LogP contribution is -2.29. The van der Waals surface area contributed by atoms with E-state index in [1.165, 1.54) is 13.2 Å². The fraction of sp³-hybridized carbons (Fsp3) is 0.316. The number of hydrogen-bond acceptors (Lipinski definition) is 5. The standard InChI is InChI=1S/C19H22BrNO5/c1-12-3-6-14(7-4-12)21-19(24)26-18(17(25-2)9-10-22)15-11-13(20)5-8-16(15)23/h3-8,11,17-18,22-23H,9-10H2,1-2H3,(H,21,24)/t17-,18-/m1/s1. The van der Waals surface area contributed by atoms with Gasteiger partial charge in [0.2, 0.25) is 0 Å². The summed E-state index contributed by atoms with van der Waals surface area (Å²) in [6.45, 7) is 1.80. The van der Waals surface area contributed by atoms with E-state index in [9.17, 15) is 15.0 Å². The quantitative estimate of drug-likeness (QED) is 0.622. The minimum absolute atomic E-state index is 0.0266. The van der Waals surface area contributed by atoms with Crippen LogP contribution in [0.3, 0.4) is 0 Å². The molecule has 0 aliphatic heterocycles. The first-order valence-electron chi connectivity index (χ1n) is 8.11. The second-order valence-corrected chi connectivity index (χ2v) is 6.72. The Morgan fingerprint density at radius 1 is 1.23 bits per heavy atom. The number of benzene rings is 2. The van der Waals surface area contributed by atoms with Gasteiger partial charge in [0, 0.05) is 35.9 Å². The largest absolute Gasteiger partial charge is 0.508 e. The first-order valence-corrected chi connectivity index (χ1v) is 8.90. The van der Waals surface area contributed by atoms with Crippen LogP contribution in [0.2, 0.25) is 0 Å². The van der Waals surface area contributed by atoms with Crippen LogP contribution in [0.5, 0.6) is 5.75 Å². The Morgan fingerprint density at radius 3 is 2.54 bits per heavy atom. The Morgan fingerprint density at radius 2 is 1.92 bits per heavy atom. The molecule has 0 fully saturated rings. The number of phenolic OH excluding ortho intramolecular Hbond substituents is 1. The molecule has 0 unspecified atom stereocenters. The summed E-state index contributed by atoms with van der Waals surface area (Å²) >= 11 is 3.34. The maximum Gasteiger partial charge on any atom is 0.412 e. The first-order chi connectivity index (χ1) is 12.4. The zero-order valence-electron chi connectivity index (χ0n) is 14.6. The summed E-state index contributed by atoms with van der Waals surface area (Å²) in [6, 6.07) is 12.1. The van der Waals surface area contributed by atoms with E-state index < -0.39 is 18.3 Å². The first kappa shape index (κ1) is 20.2. The van der Waals surface area contributed by atoms with Gasteiger partial charge in [0.05, 0.1) is 0 Å². The van der Waals surface area contributed by atoms with Gasteiger partial charge in [0.25, 0.3) is 0 Å². The number of carbonyl (C=O) groups is 1. The Labute approximate surface area is 160 Å². The van der Waals surface area contributed by atoms with Gasteiger partial charge in [-0.15, -0.1) is 0 Å². The maximum atomic E-state index is 12.4. The van der Waals surface area contributed by atoms with Crippen molar-refractivity contribution in [1.82, 2.24) is 0 Å². The number of halogens is 1. The minimum Gasteiger partial charge on any atom is -0.508 e. The van der Waals surface area contributed by atoms with Gasteiger partial charge >= 0.3 is 6.09 Å². The molecule has 0 spiro atoms. The van der Waals surface area contributed by atoms with Gasteiger partial charge in [-0.05, 0) is 37.3 Å². The highest BCUT2D eigenvalue weighted by Crippen LogP contribution is 2.34. The van der Waals surface area contributed by atoms with Gasteiger partial charge in [-0.3, -0.25) is 5.32 Å². The molecule has 3 N–H and O–H groups in total. The number of amides is 1. The van der Waals surface area contributed by atoms with Gasteiger partial charge in [-0.25, -0.2) is 4.79 Å². The molecule has 0 aliphatic rings. The van der Waals surface area contributed by atoms with Crippen LogP contribution in [0.15, 0.2) is 46.9 Å². The van der Waals surface area contributed by atoms with E-state index >= 15 is 0 Å². The van der Waals surface area contributed by atoms with E-state index in [1.807, 2.05) is 19.1 Å². The molecular weight excluding hydrogens is 402 g/mol. The van der Waals surface area contributed by atoms with Crippen LogP contribution in [0.25, 0.3) is 0 Å². The summed E-state index contributed by atoms with van der Waals surface area (Å²) in [5.41, 5.74) is 2.05. The zero-order chi connectivity index (χ0) is 19.1. The monoisotopic (exact) mass is 423 g/mol. The van der Waals surface area contributed by atoms with Gasteiger partial charge in [-0.1, -0.05) is 33.6 Å². The highest BCUT2D eigenvalue weighted by Gasteiger charge is 2.29. The molecule has 0 radical (unpaired) electrons. The molecule has 0 heterocycles. The second kappa shape index (κ2) is 9.56. The van der Waals surface area contributed by atoms with Crippen molar-refractivity contribution in [2.24, 2.45) is 0 Å². The number of ether oxygens (including phenoxy) is 2. The van der Waals surface area contributed by atoms with E-state index in [-0.39, 0.29) is 18.8 Å².